The number of hydrogen-bond donors (Lipinski definition) is 0. The topological polar surface area (TPSA) is 74.8 Å². The molecule has 2 aliphatic carbocycles. The van der Waals surface area contributed by atoms with Crippen molar-refractivity contribution in [2.24, 2.45) is 5.92 Å². The second-order valence-electron chi connectivity index (χ2n) is 9.80. The van der Waals surface area contributed by atoms with Crippen LogP contribution in [-0.4, -0.2) is 61.0 Å². The SMILES string of the molecule is Cc1ccc(S(=O)(=O)CCC(=O)N2CC(=O)N(CC3CC3)CC23CCCCC3)cc1C. The van der Waals surface area contributed by atoms with Crippen molar-refractivity contribution in [2.45, 2.75) is 75.6 Å². The summed E-state index contributed by atoms with van der Waals surface area (Å²) < 4.78 is 25.7. The molecule has 2 saturated carbocycles. The van der Waals surface area contributed by atoms with Gasteiger partial charge in [0.25, 0.3) is 0 Å². The monoisotopic (exact) mass is 446 g/mol. The predicted molar refractivity (Wildman–Crippen MR) is 119 cm³/mol. The Hall–Kier alpha value is -1.89. The van der Waals surface area contributed by atoms with E-state index in [1.165, 1.54) is 12.8 Å². The van der Waals surface area contributed by atoms with Crippen molar-refractivity contribution in [3.05, 3.63) is 29.3 Å². The molecular weight excluding hydrogens is 412 g/mol. The molecule has 1 heterocycles. The van der Waals surface area contributed by atoms with Gasteiger partial charge in [0.15, 0.2) is 9.84 Å². The molecule has 0 unspecified atom stereocenters. The van der Waals surface area contributed by atoms with E-state index < -0.39 is 9.84 Å². The van der Waals surface area contributed by atoms with Crippen molar-refractivity contribution >= 4 is 21.7 Å². The Labute approximate surface area is 185 Å². The van der Waals surface area contributed by atoms with Gasteiger partial charge in [-0.3, -0.25) is 9.59 Å². The van der Waals surface area contributed by atoms with Crippen LogP contribution in [0.2, 0.25) is 0 Å². The second kappa shape index (κ2) is 8.57. The number of piperazine rings is 1. The molecule has 7 heteroatoms. The minimum atomic E-state index is -3.55. The van der Waals surface area contributed by atoms with Crippen molar-refractivity contribution in [3.8, 4) is 0 Å². The van der Waals surface area contributed by atoms with Crippen LogP contribution in [0, 0.1) is 19.8 Å². The third kappa shape index (κ3) is 4.81. The Kier molecular flexibility index (Phi) is 6.16. The number of aryl methyl sites for hydroxylation is 2. The van der Waals surface area contributed by atoms with Gasteiger partial charge in [0.2, 0.25) is 11.8 Å². The standard InChI is InChI=1S/C24H34N2O4S/c1-18-6-9-21(14-19(18)2)31(29,30)13-10-22(27)26-16-23(28)25(15-20-7-8-20)17-24(26)11-4-3-5-12-24/h6,9,14,20H,3-5,7-8,10-13,15-17H2,1-2H3. The molecule has 0 radical (unpaired) electrons. The van der Waals surface area contributed by atoms with Crippen LogP contribution in [0.5, 0.6) is 0 Å². The molecule has 3 fully saturated rings. The van der Waals surface area contributed by atoms with E-state index in [-0.39, 0.29) is 41.0 Å². The smallest absolute Gasteiger partial charge is 0.242 e. The van der Waals surface area contributed by atoms with Crippen LogP contribution in [0.25, 0.3) is 0 Å². The normalized spacial score (nSPS) is 21.5. The highest BCUT2D eigenvalue weighted by Gasteiger charge is 2.48. The second-order valence-corrected chi connectivity index (χ2v) is 11.9. The number of hydrogen-bond acceptors (Lipinski definition) is 4. The minimum Gasteiger partial charge on any atom is -0.339 e. The molecule has 4 rings (SSSR count). The fraction of sp³-hybridized carbons (Fsp3) is 0.667. The third-order valence-electron chi connectivity index (χ3n) is 7.39. The van der Waals surface area contributed by atoms with Gasteiger partial charge >= 0.3 is 0 Å². The van der Waals surface area contributed by atoms with Gasteiger partial charge in [0.05, 0.1) is 16.2 Å². The van der Waals surface area contributed by atoms with Crippen LogP contribution in [0.15, 0.2) is 23.1 Å². The Balaban J connectivity index is 1.47. The van der Waals surface area contributed by atoms with E-state index in [0.29, 0.717) is 12.5 Å². The van der Waals surface area contributed by atoms with E-state index in [1.807, 2.05) is 18.7 Å². The average Bonchev–Trinajstić information content (AvgIpc) is 3.55. The Morgan fingerprint density at radius 3 is 2.45 bits per heavy atom. The summed E-state index contributed by atoms with van der Waals surface area (Å²) in [5.41, 5.74) is 1.64. The molecule has 6 nitrogen and oxygen atoms in total. The van der Waals surface area contributed by atoms with Crippen molar-refractivity contribution in [1.82, 2.24) is 9.80 Å². The molecule has 2 amide bonds. The molecule has 170 valence electrons. The van der Waals surface area contributed by atoms with Crippen LogP contribution in [0.1, 0.15) is 62.5 Å². The molecule has 1 aliphatic heterocycles. The molecule has 1 aromatic carbocycles. The minimum absolute atomic E-state index is 0.00784. The summed E-state index contributed by atoms with van der Waals surface area (Å²) >= 11 is 0. The molecule has 1 aromatic rings. The molecule has 1 saturated heterocycles. The zero-order valence-corrected chi connectivity index (χ0v) is 19.5. The van der Waals surface area contributed by atoms with E-state index in [1.54, 1.807) is 23.1 Å². The Morgan fingerprint density at radius 1 is 1.10 bits per heavy atom. The van der Waals surface area contributed by atoms with E-state index in [9.17, 15) is 18.0 Å². The van der Waals surface area contributed by atoms with Gasteiger partial charge in [-0.15, -0.1) is 0 Å². The molecule has 1 spiro atoms. The lowest BCUT2D eigenvalue weighted by Gasteiger charge is -2.52. The fourth-order valence-electron chi connectivity index (χ4n) is 5.08. The number of amides is 2. The molecule has 0 atom stereocenters. The van der Waals surface area contributed by atoms with Crippen molar-refractivity contribution < 1.29 is 18.0 Å². The highest BCUT2D eigenvalue weighted by atomic mass is 32.2. The first-order valence-corrected chi connectivity index (χ1v) is 13.2. The third-order valence-corrected chi connectivity index (χ3v) is 9.10. The lowest BCUT2D eigenvalue weighted by molar-refractivity contribution is -0.158. The quantitative estimate of drug-likeness (QED) is 0.672. The molecule has 31 heavy (non-hydrogen) atoms. The number of carbonyl (C=O) groups excluding carboxylic acids is 2. The van der Waals surface area contributed by atoms with E-state index in [0.717, 1.165) is 49.8 Å². The maximum absolute atomic E-state index is 13.2. The lowest BCUT2D eigenvalue weighted by Crippen LogP contribution is -2.66. The van der Waals surface area contributed by atoms with Gasteiger partial charge in [-0.05, 0) is 68.7 Å². The highest BCUT2D eigenvalue weighted by Crippen LogP contribution is 2.39. The van der Waals surface area contributed by atoms with E-state index >= 15 is 0 Å². The van der Waals surface area contributed by atoms with Crippen LogP contribution in [0.3, 0.4) is 0 Å². The summed E-state index contributed by atoms with van der Waals surface area (Å²) in [4.78, 5) is 30.0. The summed E-state index contributed by atoms with van der Waals surface area (Å²) in [7, 11) is -3.55. The van der Waals surface area contributed by atoms with Gasteiger partial charge < -0.3 is 9.80 Å². The summed E-state index contributed by atoms with van der Waals surface area (Å²) in [6.45, 7) is 5.34. The fourth-order valence-corrected chi connectivity index (χ4v) is 6.39. The van der Waals surface area contributed by atoms with Crippen LogP contribution < -0.4 is 0 Å². The van der Waals surface area contributed by atoms with Gasteiger partial charge in [-0.1, -0.05) is 25.3 Å². The van der Waals surface area contributed by atoms with Crippen molar-refractivity contribution in [1.29, 1.82) is 0 Å². The van der Waals surface area contributed by atoms with E-state index in [2.05, 4.69) is 0 Å². The lowest BCUT2D eigenvalue weighted by atomic mass is 9.78. The summed E-state index contributed by atoms with van der Waals surface area (Å²) in [6, 6.07) is 5.10. The molecule has 0 N–H and O–H groups in total. The Bertz CT molecular complexity index is 962. The van der Waals surface area contributed by atoms with Gasteiger partial charge in [0.1, 0.15) is 6.54 Å². The first-order chi connectivity index (χ1) is 14.7. The van der Waals surface area contributed by atoms with Gasteiger partial charge in [-0.25, -0.2) is 8.42 Å². The number of rotatable bonds is 6. The van der Waals surface area contributed by atoms with Crippen LogP contribution in [-0.2, 0) is 19.4 Å². The number of nitrogens with zero attached hydrogens (tertiary/aromatic N) is 2. The maximum Gasteiger partial charge on any atom is 0.242 e. The largest absolute Gasteiger partial charge is 0.339 e. The average molecular weight is 447 g/mol. The summed E-state index contributed by atoms with van der Waals surface area (Å²) in [5, 5.41) is 0. The summed E-state index contributed by atoms with van der Waals surface area (Å²) in [6.07, 6.45) is 7.36. The molecular formula is C24H34N2O4S. The predicted octanol–water partition coefficient (Wildman–Crippen LogP) is 3.25. The highest BCUT2D eigenvalue weighted by molar-refractivity contribution is 7.91. The number of sulfone groups is 1. The maximum atomic E-state index is 13.2. The number of carbonyl (C=O) groups is 2. The first-order valence-electron chi connectivity index (χ1n) is 11.6. The summed E-state index contributed by atoms with van der Waals surface area (Å²) in [5.74, 6) is 0.207. The number of benzene rings is 1. The molecule has 0 aromatic heterocycles. The van der Waals surface area contributed by atoms with Crippen LogP contribution in [0.4, 0.5) is 0 Å². The van der Waals surface area contributed by atoms with Crippen molar-refractivity contribution in [3.63, 3.8) is 0 Å². The zero-order valence-electron chi connectivity index (χ0n) is 18.7. The first kappa shape index (κ1) is 22.3. The van der Waals surface area contributed by atoms with Gasteiger partial charge in [0, 0.05) is 19.5 Å². The molecule has 3 aliphatic rings. The van der Waals surface area contributed by atoms with Crippen LogP contribution >= 0.6 is 0 Å². The van der Waals surface area contributed by atoms with Crippen molar-refractivity contribution in [2.75, 3.05) is 25.4 Å². The zero-order chi connectivity index (χ0) is 22.2. The molecule has 0 bridgehead atoms. The van der Waals surface area contributed by atoms with E-state index in [4.69, 9.17) is 0 Å². The van der Waals surface area contributed by atoms with Gasteiger partial charge in [-0.2, -0.15) is 0 Å². The Morgan fingerprint density at radius 2 is 1.81 bits per heavy atom.